The first-order valence-electron chi connectivity index (χ1n) is 7.83. The first-order chi connectivity index (χ1) is 9.33. The van der Waals surface area contributed by atoms with Crippen LogP contribution in [-0.2, 0) is 6.42 Å². The Morgan fingerprint density at radius 1 is 1.00 bits per heavy atom. The van der Waals surface area contributed by atoms with E-state index in [2.05, 4.69) is 36.5 Å². The maximum atomic E-state index is 6.12. The van der Waals surface area contributed by atoms with Crippen molar-refractivity contribution in [2.75, 3.05) is 13.1 Å². The number of unbranched alkanes of at least 4 members (excludes halogenated alkanes) is 5. The Morgan fingerprint density at radius 2 is 1.68 bits per heavy atom. The molecule has 1 rings (SSSR count). The zero-order chi connectivity index (χ0) is 13.8. The lowest BCUT2D eigenvalue weighted by Crippen LogP contribution is -2.35. The van der Waals surface area contributed by atoms with Crippen molar-refractivity contribution in [3.63, 3.8) is 0 Å². The molecule has 0 bridgehead atoms. The van der Waals surface area contributed by atoms with Gasteiger partial charge in [0.25, 0.3) is 0 Å². The molecule has 0 spiro atoms. The summed E-state index contributed by atoms with van der Waals surface area (Å²) in [5.41, 5.74) is 7.45. The smallest absolute Gasteiger partial charge is 0.0206 e. The van der Waals surface area contributed by atoms with E-state index in [1.165, 1.54) is 44.1 Å². The summed E-state index contributed by atoms with van der Waals surface area (Å²) in [6, 6.07) is 10.7. The summed E-state index contributed by atoms with van der Waals surface area (Å²) in [6.45, 7) is 4.29. The highest BCUT2D eigenvalue weighted by atomic mass is 14.9. The molecule has 0 aliphatic heterocycles. The molecule has 1 aromatic rings. The summed E-state index contributed by atoms with van der Waals surface area (Å²) in [4.78, 5) is 0. The van der Waals surface area contributed by atoms with Gasteiger partial charge in [-0.25, -0.2) is 0 Å². The maximum Gasteiger partial charge on any atom is 0.0206 e. The van der Waals surface area contributed by atoms with Gasteiger partial charge in [-0.05, 0) is 24.9 Å². The fourth-order valence-corrected chi connectivity index (χ4v) is 2.31. The Kier molecular flexibility index (Phi) is 9.38. The first-order valence-corrected chi connectivity index (χ1v) is 7.83. The fraction of sp³-hybridized carbons (Fsp3) is 0.647. The second-order valence-electron chi connectivity index (χ2n) is 5.42. The van der Waals surface area contributed by atoms with Gasteiger partial charge >= 0.3 is 0 Å². The maximum absolute atomic E-state index is 6.12. The van der Waals surface area contributed by atoms with Crippen LogP contribution in [0.4, 0.5) is 0 Å². The summed E-state index contributed by atoms with van der Waals surface area (Å²) in [5, 5.41) is 3.47. The normalized spacial score (nSPS) is 12.5. The highest BCUT2D eigenvalue weighted by Gasteiger charge is 2.02. The quantitative estimate of drug-likeness (QED) is 0.599. The fourth-order valence-electron chi connectivity index (χ4n) is 2.31. The van der Waals surface area contributed by atoms with Crippen molar-refractivity contribution in [1.82, 2.24) is 5.32 Å². The number of hydrogen-bond donors (Lipinski definition) is 2. The Morgan fingerprint density at radius 3 is 2.42 bits per heavy atom. The van der Waals surface area contributed by atoms with Gasteiger partial charge in [-0.3, -0.25) is 0 Å². The summed E-state index contributed by atoms with van der Waals surface area (Å²) in [6.07, 6.45) is 9.07. The number of benzene rings is 1. The van der Waals surface area contributed by atoms with Gasteiger partial charge in [0.15, 0.2) is 0 Å². The predicted molar refractivity (Wildman–Crippen MR) is 84.4 cm³/mol. The van der Waals surface area contributed by atoms with E-state index in [-0.39, 0.29) is 6.04 Å². The van der Waals surface area contributed by atoms with Crippen molar-refractivity contribution < 1.29 is 0 Å². The van der Waals surface area contributed by atoms with E-state index in [1.807, 2.05) is 6.07 Å². The van der Waals surface area contributed by atoms with Gasteiger partial charge in [-0.1, -0.05) is 69.4 Å². The molecule has 0 aromatic heterocycles. The molecule has 108 valence electrons. The van der Waals surface area contributed by atoms with Gasteiger partial charge in [0.2, 0.25) is 0 Å². The third-order valence-electron chi connectivity index (χ3n) is 3.45. The molecule has 0 heterocycles. The van der Waals surface area contributed by atoms with Crippen molar-refractivity contribution in [3.05, 3.63) is 35.9 Å². The van der Waals surface area contributed by atoms with Gasteiger partial charge in [0.1, 0.15) is 0 Å². The molecule has 2 heteroatoms. The van der Waals surface area contributed by atoms with E-state index in [1.54, 1.807) is 0 Å². The number of nitrogens with two attached hydrogens (primary N) is 1. The Balaban J connectivity index is 1.94. The van der Waals surface area contributed by atoms with Crippen molar-refractivity contribution in [1.29, 1.82) is 0 Å². The molecule has 1 aromatic carbocycles. The molecule has 0 aliphatic rings. The van der Waals surface area contributed by atoms with Gasteiger partial charge in [-0.2, -0.15) is 0 Å². The number of rotatable bonds is 11. The lowest BCUT2D eigenvalue weighted by Gasteiger charge is -2.12. The van der Waals surface area contributed by atoms with Gasteiger partial charge in [0, 0.05) is 12.6 Å². The second-order valence-corrected chi connectivity index (χ2v) is 5.42. The largest absolute Gasteiger partial charge is 0.326 e. The molecule has 0 aliphatic carbocycles. The highest BCUT2D eigenvalue weighted by molar-refractivity contribution is 5.15. The van der Waals surface area contributed by atoms with Crippen LogP contribution in [0.15, 0.2) is 30.3 Å². The predicted octanol–water partition coefficient (Wildman–Crippen LogP) is 3.51. The Hall–Kier alpha value is -0.860. The van der Waals surface area contributed by atoms with E-state index in [0.717, 1.165) is 19.5 Å². The zero-order valence-corrected chi connectivity index (χ0v) is 12.4. The second kappa shape index (κ2) is 11.0. The molecular weight excluding hydrogens is 232 g/mol. The summed E-state index contributed by atoms with van der Waals surface area (Å²) < 4.78 is 0. The lowest BCUT2D eigenvalue weighted by molar-refractivity contribution is 0.536. The van der Waals surface area contributed by atoms with Crippen molar-refractivity contribution in [3.8, 4) is 0 Å². The molecule has 0 amide bonds. The minimum Gasteiger partial charge on any atom is -0.326 e. The molecule has 0 saturated carbocycles. The van der Waals surface area contributed by atoms with Crippen LogP contribution in [0, 0.1) is 0 Å². The molecule has 0 radical (unpaired) electrons. The van der Waals surface area contributed by atoms with E-state index < -0.39 is 0 Å². The summed E-state index contributed by atoms with van der Waals surface area (Å²) in [7, 11) is 0. The van der Waals surface area contributed by atoms with E-state index >= 15 is 0 Å². The lowest BCUT2D eigenvalue weighted by atomic mass is 10.1. The molecule has 19 heavy (non-hydrogen) atoms. The van der Waals surface area contributed by atoms with E-state index in [4.69, 9.17) is 5.73 Å². The Labute approximate surface area is 118 Å². The number of hydrogen-bond acceptors (Lipinski definition) is 2. The van der Waals surface area contributed by atoms with E-state index in [0.29, 0.717) is 0 Å². The summed E-state index contributed by atoms with van der Waals surface area (Å²) >= 11 is 0. The molecule has 1 atom stereocenters. The molecule has 0 fully saturated rings. The Bertz CT molecular complexity index is 297. The standard InChI is InChI=1S/C17H30N2/c1-2-3-4-5-6-10-13-19-15-17(18)14-16-11-8-7-9-12-16/h7-9,11-12,17,19H,2-6,10,13-15,18H2,1H3. The van der Waals surface area contributed by atoms with Crippen LogP contribution < -0.4 is 11.1 Å². The van der Waals surface area contributed by atoms with Gasteiger partial charge < -0.3 is 11.1 Å². The molecular formula is C17H30N2. The average molecular weight is 262 g/mol. The van der Waals surface area contributed by atoms with Crippen LogP contribution in [0.25, 0.3) is 0 Å². The van der Waals surface area contributed by atoms with Crippen LogP contribution in [0.1, 0.15) is 51.0 Å². The van der Waals surface area contributed by atoms with E-state index in [9.17, 15) is 0 Å². The van der Waals surface area contributed by atoms with Crippen molar-refractivity contribution >= 4 is 0 Å². The molecule has 3 N–H and O–H groups in total. The van der Waals surface area contributed by atoms with Crippen LogP contribution in [0.3, 0.4) is 0 Å². The van der Waals surface area contributed by atoms with Crippen LogP contribution in [-0.4, -0.2) is 19.1 Å². The van der Waals surface area contributed by atoms with Crippen LogP contribution in [0.2, 0.25) is 0 Å². The minimum atomic E-state index is 0.225. The molecule has 0 saturated heterocycles. The van der Waals surface area contributed by atoms with Crippen LogP contribution >= 0.6 is 0 Å². The highest BCUT2D eigenvalue weighted by Crippen LogP contribution is 2.04. The summed E-state index contributed by atoms with van der Waals surface area (Å²) in [5.74, 6) is 0. The van der Waals surface area contributed by atoms with Gasteiger partial charge in [0.05, 0.1) is 0 Å². The van der Waals surface area contributed by atoms with Gasteiger partial charge in [-0.15, -0.1) is 0 Å². The number of nitrogens with one attached hydrogen (secondary N) is 1. The third-order valence-corrected chi connectivity index (χ3v) is 3.45. The van der Waals surface area contributed by atoms with Crippen molar-refractivity contribution in [2.45, 2.75) is 57.9 Å². The molecule has 1 unspecified atom stereocenters. The third kappa shape index (κ3) is 8.79. The topological polar surface area (TPSA) is 38.0 Å². The SMILES string of the molecule is CCCCCCCCNCC(N)Cc1ccccc1. The van der Waals surface area contributed by atoms with Crippen LogP contribution in [0.5, 0.6) is 0 Å². The minimum absolute atomic E-state index is 0.225. The monoisotopic (exact) mass is 262 g/mol. The first kappa shape index (κ1) is 16.2. The molecule has 2 nitrogen and oxygen atoms in total. The van der Waals surface area contributed by atoms with Crippen molar-refractivity contribution in [2.24, 2.45) is 5.73 Å². The zero-order valence-electron chi connectivity index (χ0n) is 12.4. The average Bonchev–Trinajstić information content (AvgIpc) is 2.43.